The fraction of sp³-hybridized carbons (Fsp3) is 0.500. The monoisotopic (exact) mass is 358 g/mol. The van der Waals surface area contributed by atoms with Crippen LogP contribution in [0.25, 0.3) is 0 Å². The lowest BCUT2D eigenvalue weighted by molar-refractivity contribution is 0.185. The van der Waals surface area contributed by atoms with E-state index in [1.165, 1.54) is 0 Å². The molecule has 2 aromatic rings. The summed E-state index contributed by atoms with van der Waals surface area (Å²) < 4.78 is 10.9. The number of nitrogens with zero attached hydrogens (tertiary/aromatic N) is 2. The van der Waals surface area contributed by atoms with E-state index in [2.05, 4.69) is 65.6 Å². The lowest BCUT2D eigenvalue weighted by Crippen LogP contribution is -2.36. The van der Waals surface area contributed by atoms with Crippen molar-refractivity contribution in [3.05, 3.63) is 53.2 Å². The maximum absolute atomic E-state index is 5.81. The number of ether oxygens (including phenoxy) is 1. The summed E-state index contributed by atoms with van der Waals surface area (Å²) in [5.41, 5.74) is 2.26. The molecule has 0 fully saturated rings. The Morgan fingerprint density at radius 3 is 2.42 bits per heavy atom. The van der Waals surface area contributed by atoms with Crippen LogP contribution in [0.3, 0.4) is 0 Å². The van der Waals surface area contributed by atoms with Crippen molar-refractivity contribution in [3.8, 4) is 0 Å². The number of hydrogen-bond donors (Lipinski definition) is 2. The Hall–Kier alpha value is -2.34. The molecule has 1 heterocycles. The van der Waals surface area contributed by atoms with E-state index in [0.29, 0.717) is 25.6 Å². The SMILES string of the molecule is CCNC(=NCc1ccc(COC)cc1)NCc1ncc(C(C)(C)C)o1. The second-order valence-corrected chi connectivity index (χ2v) is 7.17. The van der Waals surface area contributed by atoms with Gasteiger partial charge in [0.1, 0.15) is 5.76 Å². The average molecular weight is 358 g/mol. The number of aromatic nitrogens is 1. The van der Waals surface area contributed by atoms with Gasteiger partial charge in [0.15, 0.2) is 5.96 Å². The summed E-state index contributed by atoms with van der Waals surface area (Å²) in [4.78, 5) is 8.96. The Morgan fingerprint density at radius 1 is 1.15 bits per heavy atom. The Labute approximate surface area is 156 Å². The zero-order chi connectivity index (χ0) is 19.0. The van der Waals surface area contributed by atoms with Gasteiger partial charge in [-0.05, 0) is 18.1 Å². The van der Waals surface area contributed by atoms with E-state index in [0.717, 1.165) is 29.4 Å². The molecular formula is C20H30N4O2. The molecular weight excluding hydrogens is 328 g/mol. The number of oxazole rings is 1. The van der Waals surface area contributed by atoms with E-state index >= 15 is 0 Å². The summed E-state index contributed by atoms with van der Waals surface area (Å²) in [5.74, 6) is 2.28. The molecule has 0 atom stereocenters. The van der Waals surface area contributed by atoms with Crippen molar-refractivity contribution in [2.24, 2.45) is 4.99 Å². The molecule has 1 aromatic heterocycles. The van der Waals surface area contributed by atoms with Gasteiger partial charge in [-0.15, -0.1) is 0 Å². The highest BCUT2D eigenvalue weighted by Gasteiger charge is 2.19. The van der Waals surface area contributed by atoms with Crippen LogP contribution in [-0.2, 0) is 29.8 Å². The lowest BCUT2D eigenvalue weighted by atomic mass is 9.94. The van der Waals surface area contributed by atoms with E-state index in [-0.39, 0.29) is 5.41 Å². The molecule has 142 valence electrons. The van der Waals surface area contributed by atoms with Gasteiger partial charge in [0.2, 0.25) is 5.89 Å². The Bertz CT molecular complexity index is 699. The largest absolute Gasteiger partial charge is 0.443 e. The molecule has 1 aromatic carbocycles. The molecule has 26 heavy (non-hydrogen) atoms. The zero-order valence-corrected chi connectivity index (χ0v) is 16.4. The van der Waals surface area contributed by atoms with E-state index in [1.807, 2.05) is 6.92 Å². The third-order valence-corrected chi connectivity index (χ3v) is 3.80. The van der Waals surface area contributed by atoms with Crippen molar-refractivity contribution < 1.29 is 9.15 Å². The van der Waals surface area contributed by atoms with Gasteiger partial charge in [-0.1, -0.05) is 45.0 Å². The molecule has 0 aliphatic carbocycles. The standard InChI is InChI=1S/C20H30N4O2/c1-6-21-19(23-11-15-7-9-16(10-8-15)14-25-5)24-13-18-22-12-17(26-18)20(2,3)4/h7-10,12H,6,11,13-14H2,1-5H3,(H2,21,23,24). The van der Waals surface area contributed by atoms with Crippen molar-refractivity contribution >= 4 is 5.96 Å². The molecule has 2 rings (SSSR count). The van der Waals surface area contributed by atoms with Crippen molar-refractivity contribution in [3.63, 3.8) is 0 Å². The van der Waals surface area contributed by atoms with Crippen LogP contribution in [0.15, 0.2) is 39.9 Å². The molecule has 0 bridgehead atoms. The topological polar surface area (TPSA) is 71.7 Å². The zero-order valence-electron chi connectivity index (χ0n) is 16.4. The van der Waals surface area contributed by atoms with Crippen LogP contribution in [0.1, 0.15) is 50.5 Å². The second-order valence-electron chi connectivity index (χ2n) is 7.17. The summed E-state index contributed by atoms with van der Waals surface area (Å²) in [6.07, 6.45) is 1.79. The summed E-state index contributed by atoms with van der Waals surface area (Å²) >= 11 is 0. The van der Waals surface area contributed by atoms with Crippen LogP contribution in [-0.4, -0.2) is 24.6 Å². The quantitative estimate of drug-likeness (QED) is 0.586. The normalized spacial score (nSPS) is 12.3. The average Bonchev–Trinajstić information content (AvgIpc) is 3.08. The van der Waals surface area contributed by atoms with Gasteiger partial charge in [-0.3, -0.25) is 0 Å². The molecule has 2 N–H and O–H groups in total. The first-order chi connectivity index (χ1) is 12.4. The summed E-state index contributed by atoms with van der Waals surface area (Å²) in [6.45, 7) is 10.9. The van der Waals surface area contributed by atoms with Crippen LogP contribution in [0.4, 0.5) is 0 Å². The van der Waals surface area contributed by atoms with E-state index in [1.54, 1.807) is 13.3 Å². The highest BCUT2D eigenvalue weighted by Crippen LogP contribution is 2.22. The molecule has 0 radical (unpaired) electrons. The molecule has 6 heteroatoms. The lowest BCUT2D eigenvalue weighted by Gasteiger charge is -2.13. The highest BCUT2D eigenvalue weighted by atomic mass is 16.5. The number of aliphatic imine (C=N–C) groups is 1. The highest BCUT2D eigenvalue weighted by molar-refractivity contribution is 5.79. The summed E-state index contributed by atoms with van der Waals surface area (Å²) in [7, 11) is 1.70. The van der Waals surface area contributed by atoms with Crippen molar-refractivity contribution in [2.45, 2.75) is 52.8 Å². The van der Waals surface area contributed by atoms with E-state index in [4.69, 9.17) is 9.15 Å². The summed E-state index contributed by atoms with van der Waals surface area (Å²) in [5, 5.41) is 6.51. The predicted molar refractivity (Wildman–Crippen MR) is 104 cm³/mol. The number of methoxy groups -OCH3 is 1. The molecule has 0 aliphatic rings. The van der Waals surface area contributed by atoms with E-state index in [9.17, 15) is 0 Å². The van der Waals surface area contributed by atoms with Crippen molar-refractivity contribution in [1.82, 2.24) is 15.6 Å². The fourth-order valence-electron chi connectivity index (χ4n) is 2.32. The number of hydrogen-bond acceptors (Lipinski definition) is 4. The van der Waals surface area contributed by atoms with E-state index < -0.39 is 0 Å². The summed E-state index contributed by atoms with van der Waals surface area (Å²) in [6, 6.07) is 8.28. The van der Waals surface area contributed by atoms with Gasteiger partial charge in [0.25, 0.3) is 0 Å². The maximum Gasteiger partial charge on any atom is 0.213 e. The van der Waals surface area contributed by atoms with Gasteiger partial charge in [0.05, 0.1) is 25.9 Å². The number of guanidine groups is 1. The number of nitrogens with one attached hydrogen (secondary N) is 2. The van der Waals surface area contributed by atoms with Gasteiger partial charge >= 0.3 is 0 Å². The molecule has 0 unspecified atom stereocenters. The van der Waals surface area contributed by atoms with Crippen LogP contribution in [0, 0.1) is 0 Å². The van der Waals surface area contributed by atoms with Crippen LogP contribution < -0.4 is 10.6 Å². The van der Waals surface area contributed by atoms with Crippen LogP contribution in [0.2, 0.25) is 0 Å². The smallest absolute Gasteiger partial charge is 0.213 e. The Morgan fingerprint density at radius 2 is 1.85 bits per heavy atom. The molecule has 0 saturated heterocycles. The number of benzene rings is 1. The molecule has 0 amide bonds. The predicted octanol–water partition coefficient (Wildman–Crippen LogP) is 3.37. The first-order valence-electron chi connectivity index (χ1n) is 8.96. The van der Waals surface area contributed by atoms with Crippen molar-refractivity contribution in [1.29, 1.82) is 0 Å². The third-order valence-electron chi connectivity index (χ3n) is 3.80. The minimum Gasteiger partial charge on any atom is -0.443 e. The minimum absolute atomic E-state index is 0.0428. The molecule has 0 spiro atoms. The molecule has 6 nitrogen and oxygen atoms in total. The second kappa shape index (κ2) is 9.38. The van der Waals surface area contributed by atoms with Crippen LogP contribution >= 0.6 is 0 Å². The van der Waals surface area contributed by atoms with Gasteiger partial charge < -0.3 is 19.8 Å². The Kier molecular flexibility index (Phi) is 7.21. The maximum atomic E-state index is 5.81. The molecule has 0 aliphatic heterocycles. The third kappa shape index (κ3) is 6.19. The first-order valence-corrected chi connectivity index (χ1v) is 8.96. The molecule has 0 saturated carbocycles. The van der Waals surface area contributed by atoms with Gasteiger partial charge in [-0.2, -0.15) is 0 Å². The number of rotatable bonds is 7. The van der Waals surface area contributed by atoms with Gasteiger partial charge in [-0.25, -0.2) is 9.98 Å². The fourth-order valence-corrected chi connectivity index (χ4v) is 2.32. The van der Waals surface area contributed by atoms with Gasteiger partial charge in [0, 0.05) is 19.1 Å². The van der Waals surface area contributed by atoms with Crippen molar-refractivity contribution in [2.75, 3.05) is 13.7 Å². The Balaban J connectivity index is 1.94. The van der Waals surface area contributed by atoms with Crippen LogP contribution in [0.5, 0.6) is 0 Å². The first kappa shape index (κ1) is 20.0. The minimum atomic E-state index is -0.0428.